The van der Waals surface area contributed by atoms with E-state index in [-0.39, 0.29) is 29.6 Å². The standard InChI is InChI=1S/C16H18N2O5S/c19-14(18-10-16(5-6-16)11-24(18,21)22)9-12-1-3-13(4-2-12)17-7-8-23-15(17)20/h1-4H,5-11H2. The first-order valence-corrected chi connectivity index (χ1v) is 9.56. The summed E-state index contributed by atoms with van der Waals surface area (Å²) in [6, 6.07) is 6.98. The van der Waals surface area contributed by atoms with Gasteiger partial charge in [-0.2, -0.15) is 0 Å². The zero-order valence-electron chi connectivity index (χ0n) is 13.1. The number of rotatable bonds is 3. The number of ether oxygens (including phenoxy) is 1. The van der Waals surface area contributed by atoms with Gasteiger partial charge in [-0.05, 0) is 30.5 Å². The van der Waals surface area contributed by atoms with Crippen LogP contribution in [0.4, 0.5) is 10.5 Å². The Labute approximate surface area is 140 Å². The Balaban J connectivity index is 1.45. The maximum absolute atomic E-state index is 12.4. The first kappa shape index (κ1) is 15.4. The molecule has 0 unspecified atom stereocenters. The zero-order valence-corrected chi connectivity index (χ0v) is 13.9. The van der Waals surface area contributed by atoms with Crippen LogP contribution in [0.5, 0.6) is 0 Å². The van der Waals surface area contributed by atoms with Gasteiger partial charge in [0.15, 0.2) is 0 Å². The van der Waals surface area contributed by atoms with Crippen LogP contribution in [-0.2, 0) is 26.0 Å². The Morgan fingerprint density at radius 1 is 1.21 bits per heavy atom. The predicted molar refractivity (Wildman–Crippen MR) is 86.0 cm³/mol. The van der Waals surface area contributed by atoms with Gasteiger partial charge in [-0.1, -0.05) is 12.1 Å². The smallest absolute Gasteiger partial charge is 0.414 e. The van der Waals surface area contributed by atoms with Gasteiger partial charge >= 0.3 is 6.09 Å². The fourth-order valence-electron chi connectivity index (χ4n) is 3.32. The summed E-state index contributed by atoms with van der Waals surface area (Å²) in [4.78, 5) is 25.4. The van der Waals surface area contributed by atoms with E-state index in [9.17, 15) is 18.0 Å². The van der Waals surface area contributed by atoms with E-state index >= 15 is 0 Å². The largest absolute Gasteiger partial charge is 0.447 e. The van der Waals surface area contributed by atoms with Crippen LogP contribution in [0.2, 0.25) is 0 Å². The van der Waals surface area contributed by atoms with Gasteiger partial charge in [-0.25, -0.2) is 17.5 Å². The number of hydrogen-bond donors (Lipinski definition) is 0. The van der Waals surface area contributed by atoms with Gasteiger partial charge in [-0.3, -0.25) is 9.69 Å². The van der Waals surface area contributed by atoms with Crippen molar-refractivity contribution in [1.29, 1.82) is 0 Å². The maximum atomic E-state index is 12.4. The molecule has 0 radical (unpaired) electrons. The van der Waals surface area contributed by atoms with Crippen molar-refractivity contribution in [2.24, 2.45) is 5.41 Å². The summed E-state index contributed by atoms with van der Waals surface area (Å²) in [5.41, 5.74) is 1.26. The van der Waals surface area contributed by atoms with Gasteiger partial charge in [0, 0.05) is 17.6 Å². The normalized spacial score (nSPS) is 23.6. The van der Waals surface area contributed by atoms with Gasteiger partial charge in [0.05, 0.1) is 18.7 Å². The highest BCUT2D eigenvalue weighted by Crippen LogP contribution is 2.51. The molecule has 128 valence electrons. The molecule has 3 fully saturated rings. The van der Waals surface area contributed by atoms with Gasteiger partial charge in [0.25, 0.3) is 0 Å². The van der Waals surface area contributed by atoms with Gasteiger partial charge in [0.1, 0.15) is 6.61 Å². The lowest BCUT2D eigenvalue weighted by atomic mass is 10.1. The van der Waals surface area contributed by atoms with E-state index in [1.165, 1.54) is 4.90 Å². The minimum absolute atomic E-state index is 0.0417. The number of cyclic esters (lactones) is 1. The van der Waals surface area contributed by atoms with Crippen LogP contribution in [-0.4, -0.2) is 50.2 Å². The van der Waals surface area contributed by atoms with E-state index < -0.39 is 10.0 Å². The van der Waals surface area contributed by atoms with Crippen molar-refractivity contribution in [3.63, 3.8) is 0 Å². The minimum atomic E-state index is -3.47. The number of benzene rings is 1. The lowest BCUT2D eigenvalue weighted by Crippen LogP contribution is -2.34. The van der Waals surface area contributed by atoms with E-state index in [0.717, 1.165) is 22.7 Å². The molecule has 0 atom stereocenters. The first-order chi connectivity index (χ1) is 11.4. The van der Waals surface area contributed by atoms with Crippen molar-refractivity contribution >= 4 is 27.7 Å². The third-order valence-corrected chi connectivity index (χ3v) is 6.88. The second-order valence-electron chi connectivity index (χ2n) is 6.77. The molecule has 1 aromatic rings. The van der Waals surface area contributed by atoms with Gasteiger partial charge < -0.3 is 4.74 Å². The summed E-state index contributed by atoms with van der Waals surface area (Å²) in [5, 5.41) is 0. The molecule has 2 aliphatic heterocycles. The van der Waals surface area contributed by atoms with Crippen molar-refractivity contribution in [2.75, 3.05) is 30.3 Å². The van der Waals surface area contributed by atoms with Crippen molar-refractivity contribution in [2.45, 2.75) is 19.3 Å². The Morgan fingerprint density at radius 2 is 1.92 bits per heavy atom. The predicted octanol–water partition coefficient (Wildman–Crippen LogP) is 1.14. The lowest BCUT2D eigenvalue weighted by Gasteiger charge is -2.16. The first-order valence-electron chi connectivity index (χ1n) is 7.95. The number of anilines is 1. The lowest BCUT2D eigenvalue weighted by molar-refractivity contribution is -0.125. The van der Waals surface area contributed by atoms with E-state index in [2.05, 4.69) is 0 Å². The summed E-state index contributed by atoms with van der Waals surface area (Å²) in [5.74, 6) is -0.283. The average molecular weight is 350 g/mol. The number of carbonyl (C=O) groups excluding carboxylic acids is 2. The molecule has 8 heteroatoms. The van der Waals surface area contributed by atoms with E-state index in [4.69, 9.17) is 4.74 Å². The topological polar surface area (TPSA) is 84.0 Å². The molecule has 1 spiro atoms. The Morgan fingerprint density at radius 3 is 2.46 bits per heavy atom. The number of amides is 2. The number of hydrogen-bond acceptors (Lipinski definition) is 5. The summed E-state index contributed by atoms with van der Waals surface area (Å²) in [6.07, 6.45) is 1.43. The molecule has 24 heavy (non-hydrogen) atoms. The second kappa shape index (κ2) is 5.20. The summed E-state index contributed by atoms with van der Waals surface area (Å²) in [6.45, 7) is 1.20. The van der Waals surface area contributed by atoms with E-state index in [0.29, 0.717) is 25.4 Å². The molecule has 0 bridgehead atoms. The van der Waals surface area contributed by atoms with Crippen LogP contribution >= 0.6 is 0 Å². The SMILES string of the molecule is O=C1OCCN1c1ccc(CC(=O)N2CC3(CC3)CS2(=O)=O)cc1. The van der Waals surface area contributed by atoms with Crippen LogP contribution < -0.4 is 4.90 Å². The molecular weight excluding hydrogens is 332 g/mol. The van der Waals surface area contributed by atoms with E-state index in [1.54, 1.807) is 24.3 Å². The molecule has 1 saturated carbocycles. The molecule has 1 aromatic carbocycles. The summed E-state index contributed by atoms with van der Waals surface area (Å²) >= 11 is 0. The van der Waals surface area contributed by atoms with Crippen molar-refractivity contribution in [3.8, 4) is 0 Å². The molecule has 3 aliphatic rings. The quantitative estimate of drug-likeness (QED) is 0.816. The monoisotopic (exact) mass is 350 g/mol. The number of carbonyl (C=O) groups is 2. The maximum Gasteiger partial charge on any atom is 0.414 e. The number of nitrogens with zero attached hydrogens (tertiary/aromatic N) is 2. The highest BCUT2D eigenvalue weighted by molar-refractivity contribution is 7.89. The van der Waals surface area contributed by atoms with Crippen LogP contribution in [0, 0.1) is 5.41 Å². The summed E-state index contributed by atoms with van der Waals surface area (Å²) in [7, 11) is -3.47. The van der Waals surface area contributed by atoms with Crippen LogP contribution in [0.3, 0.4) is 0 Å². The Hall–Kier alpha value is -2.09. The highest BCUT2D eigenvalue weighted by atomic mass is 32.2. The Kier molecular flexibility index (Phi) is 3.35. The van der Waals surface area contributed by atoms with Crippen LogP contribution in [0.1, 0.15) is 18.4 Å². The highest BCUT2D eigenvalue weighted by Gasteiger charge is 2.56. The molecule has 2 amide bonds. The molecule has 2 heterocycles. The molecule has 1 aliphatic carbocycles. The molecule has 0 aromatic heterocycles. The van der Waals surface area contributed by atoms with Crippen LogP contribution in [0.25, 0.3) is 0 Å². The molecule has 7 nitrogen and oxygen atoms in total. The Bertz CT molecular complexity index is 798. The van der Waals surface area contributed by atoms with Gasteiger partial charge in [0.2, 0.25) is 15.9 Å². The minimum Gasteiger partial charge on any atom is -0.447 e. The second-order valence-corrected chi connectivity index (χ2v) is 8.66. The summed E-state index contributed by atoms with van der Waals surface area (Å²) < 4.78 is 30.3. The van der Waals surface area contributed by atoms with E-state index in [1.807, 2.05) is 0 Å². The fraction of sp³-hybridized carbons (Fsp3) is 0.500. The van der Waals surface area contributed by atoms with Gasteiger partial charge in [-0.15, -0.1) is 0 Å². The third-order valence-electron chi connectivity index (χ3n) is 4.90. The fourth-order valence-corrected chi connectivity index (χ4v) is 5.48. The van der Waals surface area contributed by atoms with Crippen molar-refractivity contribution in [1.82, 2.24) is 4.31 Å². The molecule has 0 N–H and O–H groups in total. The zero-order chi connectivity index (χ0) is 16.9. The van der Waals surface area contributed by atoms with Crippen LogP contribution in [0.15, 0.2) is 24.3 Å². The van der Waals surface area contributed by atoms with Crippen molar-refractivity contribution < 1.29 is 22.7 Å². The molecule has 4 rings (SSSR count). The average Bonchev–Trinajstić information content (AvgIpc) is 3.03. The molecule has 2 saturated heterocycles. The molecular formula is C16H18N2O5S. The van der Waals surface area contributed by atoms with Crippen molar-refractivity contribution in [3.05, 3.63) is 29.8 Å². The number of sulfonamides is 1. The third kappa shape index (κ3) is 2.64.